The SMILES string of the molecule is O=C(O)c1cc(-c2cc3c(s2)CCC3)on1. The van der Waals surface area contributed by atoms with E-state index >= 15 is 0 Å². The molecule has 0 spiro atoms. The molecule has 82 valence electrons. The van der Waals surface area contributed by atoms with Gasteiger partial charge in [0.1, 0.15) is 0 Å². The Balaban J connectivity index is 1.98. The molecule has 2 aromatic heterocycles. The zero-order chi connectivity index (χ0) is 11.1. The van der Waals surface area contributed by atoms with E-state index in [1.165, 1.54) is 22.9 Å². The Morgan fingerprint density at radius 1 is 1.44 bits per heavy atom. The molecule has 0 atom stereocenters. The minimum atomic E-state index is -1.06. The third-order valence-corrected chi connectivity index (χ3v) is 3.97. The number of thiophene rings is 1. The number of fused-ring (bicyclic) bond motifs is 1. The van der Waals surface area contributed by atoms with Gasteiger partial charge < -0.3 is 9.63 Å². The molecule has 0 unspecified atom stereocenters. The van der Waals surface area contributed by atoms with Crippen LogP contribution in [0.25, 0.3) is 10.6 Å². The molecular formula is C11H9NO3S. The first-order chi connectivity index (χ1) is 7.74. The number of hydrogen-bond donors (Lipinski definition) is 1. The summed E-state index contributed by atoms with van der Waals surface area (Å²) in [5, 5.41) is 12.3. The summed E-state index contributed by atoms with van der Waals surface area (Å²) in [4.78, 5) is 13.0. The minimum Gasteiger partial charge on any atom is -0.476 e. The predicted octanol–water partition coefficient (Wildman–Crippen LogP) is 2.59. The summed E-state index contributed by atoms with van der Waals surface area (Å²) in [6, 6.07) is 3.56. The van der Waals surface area contributed by atoms with Crippen molar-refractivity contribution in [2.45, 2.75) is 19.3 Å². The van der Waals surface area contributed by atoms with Crippen molar-refractivity contribution in [3.05, 3.63) is 28.3 Å². The van der Waals surface area contributed by atoms with Crippen molar-refractivity contribution in [2.24, 2.45) is 0 Å². The first-order valence-corrected chi connectivity index (χ1v) is 5.87. The van der Waals surface area contributed by atoms with Crippen LogP contribution in [-0.4, -0.2) is 16.2 Å². The summed E-state index contributed by atoms with van der Waals surface area (Å²) in [7, 11) is 0. The molecule has 1 aliphatic carbocycles. The lowest BCUT2D eigenvalue weighted by Gasteiger charge is -1.87. The third kappa shape index (κ3) is 1.44. The summed E-state index contributed by atoms with van der Waals surface area (Å²) in [5.74, 6) is -0.504. The van der Waals surface area contributed by atoms with Gasteiger partial charge in [0, 0.05) is 10.9 Å². The number of nitrogens with zero attached hydrogens (tertiary/aromatic N) is 1. The van der Waals surface area contributed by atoms with Crippen LogP contribution >= 0.6 is 11.3 Å². The van der Waals surface area contributed by atoms with E-state index < -0.39 is 5.97 Å². The second kappa shape index (κ2) is 3.45. The molecule has 0 saturated carbocycles. The van der Waals surface area contributed by atoms with Gasteiger partial charge in [0.25, 0.3) is 0 Å². The molecule has 0 bridgehead atoms. The number of carbonyl (C=O) groups is 1. The molecule has 0 aromatic carbocycles. The maximum Gasteiger partial charge on any atom is 0.358 e. The fourth-order valence-electron chi connectivity index (χ4n) is 1.94. The molecule has 0 radical (unpaired) electrons. The highest BCUT2D eigenvalue weighted by Gasteiger charge is 2.19. The Hall–Kier alpha value is -1.62. The van der Waals surface area contributed by atoms with Gasteiger partial charge in [-0.25, -0.2) is 4.79 Å². The minimum absolute atomic E-state index is 0.0384. The molecule has 16 heavy (non-hydrogen) atoms. The van der Waals surface area contributed by atoms with Crippen LogP contribution in [0.3, 0.4) is 0 Å². The average molecular weight is 235 g/mol. The van der Waals surface area contributed by atoms with Gasteiger partial charge in [-0.15, -0.1) is 11.3 Å². The van der Waals surface area contributed by atoms with E-state index in [0.717, 1.165) is 17.7 Å². The number of aromatic nitrogens is 1. The molecule has 5 heteroatoms. The standard InChI is InChI=1S/C11H9NO3S/c13-11(14)7-5-8(15-12-7)10-4-6-2-1-3-9(6)16-10/h4-5H,1-3H2,(H,13,14). The average Bonchev–Trinajstić information content (AvgIpc) is 2.91. The van der Waals surface area contributed by atoms with Crippen LogP contribution in [0.5, 0.6) is 0 Å². The molecular weight excluding hydrogens is 226 g/mol. The van der Waals surface area contributed by atoms with Crippen molar-refractivity contribution in [1.82, 2.24) is 5.16 Å². The zero-order valence-corrected chi connectivity index (χ0v) is 9.21. The van der Waals surface area contributed by atoms with Crippen LogP contribution < -0.4 is 0 Å². The van der Waals surface area contributed by atoms with Crippen LogP contribution in [0.1, 0.15) is 27.3 Å². The topological polar surface area (TPSA) is 63.3 Å². The second-order valence-electron chi connectivity index (χ2n) is 3.79. The molecule has 0 aliphatic heterocycles. The summed E-state index contributed by atoms with van der Waals surface area (Å²) < 4.78 is 5.03. The Labute approximate surface area is 95.5 Å². The zero-order valence-electron chi connectivity index (χ0n) is 8.40. The Kier molecular flexibility index (Phi) is 2.07. The lowest BCUT2D eigenvalue weighted by atomic mass is 10.2. The van der Waals surface area contributed by atoms with Gasteiger partial charge in [0.05, 0.1) is 4.88 Å². The van der Waals surface area contributed by atoms with Crippen molar-refractivity contribution >= 4 is 17.3 Å². The van der Waals surface area contributed by atoms with Crippen LogP contribution in [0.15, 0.2) is 16.7 Å². The molecule has 3 rings (SSSR count). The van der Waals surface area contributed by atoms with E-state index in [-0.39, 0.29) is 5.69 Å². The quantitative estimate of drug-likeness (QED) is 0.869. The van der Waals surface area contributed by atoms with Gasteiger partial charge in [0.15, 0.2) is 11.5 Å². The molecule has 0 amide bonds. The highest BCUT2D eigenvalue weighted by molar-refractivity contribution is 7.15. The van der Waals surface area contributed by atoms with E-state index in [9.17, 15) is 4.79 Å². The van der Waals surface area contributed by atoms with Gasteiger partial charge >= 0.3 is 5.97 Å². The van der Waals surface area contributed by atoms with E-state index in [1.54, 1.807) is 11.3 Å². The fraction of sp³-hybridized carbons (Fsp3) is 0.273. The summed E-state index contributed by atoms with van der Waals surface area (Å²) in [5.41, 5.74) is 1.33. The lowest BCUT2D eigenvalue weighted by Crippen LogP contribution is -1.94. The van der Waals surface area contributed by atoms with E-state index in [2.05, 4.69) is 11.2 Å². The fourth-order valence-corrected chi connectivity index (χ4v) is 3.14. The van der Waals surface area contributed by atoms with Crippen LogP contribution in [0.2, 0.25) is 0 Å². The van der Waals surface area contributed by atoms with E-state index in [0.29, 0.717) is 5.76 Å². The van der Waals surface area contributed by atoms with Gasteiger partial charge in [0.2, 0.25) is 0 Å². The number of hydrogen-bond acceptors (Lipinski definition) is 4. The van der Waals surface area contributed by atoms with Gasteiger partial charge in [-0.3, -0.25) is 0 Å². The first-order valence-electron chi connectivity index (χ1n) is 5.06. The first kappa shape index (κ1) is 9.59. The molecule has 1 aliphatic rings. The second-order valence-corrected chi connectivity index (χ2v) is 4.93. The molecule has 1 N–H and O–H groups in total. The highest BCUT2D eigenvalue weighted by atomic mass is 32.1. The maximum atomic E-state index is 10.7. The Morgan fingerprint density at radius 2 is 2.31 bits per heavy atom. The summed E-state index contributed by atoms with van der Waals surface area (Å²) in [6.07, 6.45) is 3.46. The van der Waals surface area contributed by atoms with Crippen molar-refractivity contribution in [3.8, 4) is 10.6 Å². The smallest absolute Gasteiger partial charge is 0.358 e. The maximum absolute atomic E-state index is 10.7. The summed E-state index contributed by atoms with van der Waals surface area (Å²) >= 11 is 1.67. The number of aryl methyl sites for hydroxylation is 2. The van der Waals surface area contributed by atoms with Crippen molar-refractivity contribution in [3.63, 3.8) is 0 Å². The van der Waals surface area contributed by atoms with Crippen LogP contribution in [-0.2, 0) is 12.8 Å². The summed E-state index contributed by atoms with van der Waals surface area (Å²) in [6.45, 7) is 0. The number of carboxylic acids is 1. The molecule has 2 heterocycles. The molecule has 0 saturated heterocycles. The van der Waals surface area contributed by atoms with E-state index in [4.69, 9.17) is 9.63 Å². The van der Waals surface area contributed by atoms with Crippen molar-refractivity contribution < 1.29 is 14.4 Å². The number of rotatable bonds is 2. The monoisotopic (exact) mass is 235 g/mol. The lowest BCUT2D eigenvalue weighted by molar-refractivity contribution is 0.0686. The third-order valence-electron chi connectivity index (χ3n) is 2.72. The van der Waals surface area contributed by atoms with Crippen LogP contribution in [0.4, 0.5) is 0 Å². The van der Waals surface area contributed by atoms with Gasteiger partial charge in [-0.2, -0.15) is 0 Å². The van der Waals surface area contributed by atoms with Gasteiger partial charge in [-0.05, 0) is 30.9 Å². The van der Waals surface area contributed by atoms with Crippen molar-refractivity contribution in [1.29, 1.82) is 0 Å². The predicted molar refractivity (Wildman–Crippen MR) is 58.8 cm³/mol. The highest BCUT2D eigenvalue weighted by Crippen LogP contribution is 2.36. The molecule has 2 aromatic rings. The molecule has 0 fully saturated rings. The largest absolute Gasteiger partial charge is 0.476 e. The number of carboxylic acid groups (broad SMARTS) is 1. The van der Waals surface area contributed by atoms with Crippen molar-refractivity contribution in [2.75, 3.05) is 0 Å². The molecule has 4 nitrogen and oxygen atoms in total. The van der Waals surface area contributed by atoms with Gasteiger partial charge in [-0.1, -0.05) is 5.16 Å². The normalized spacial score (nSPS) is 14.0. The number of aromatic carboxylic acids is 1. The Bertz CT molecular complexity index is 534. The Morgan fingerprint density at radius 3 is 3.00 bits per heavy atom. The van der Waals surface area contributed by atoms with E-state index in [1.807, 2.05) is 0 Å². The van der Waals surface area contributed by atoms with Crippen LogP contribution in [0, 0.1) is 0 Å².